The quantitative estimate of drug-likeness (QED) is 0.665. The van der Waals surface area contributed by atoms with Gasteiger partial charge >= 0.3 is 0 Å². The largest absolute Gasteiger partial charge is 0.308 e. The van der Waals surface area contributed by atoms with Crippen LogP contribution in [0.15, 0.2) is 18.2 Å². The Hall–Kier alpha value is -0.240. The van der Waals surface area contributed by atoms with E-state index in [0.29, 0.717) is 22.1 Å². The van der Waals surface area contributed by atoms with Crippen LogP contribution in [-0.4, -0.2) is 6.04 Å². The molecule has 0 heterocycles. The molecule has 1 rings (SSSR count). The van der Waals surface area contributed by atoms with E-state index in [1.54, 1.807) is 0 Å². The van der Waals surface area contributed by atoms with Crippen LogP contribution in [0.1, 0.15) is 58.6 Å². The van der Waals surface area contributed by atoms with E-state index in [-0.39, 0.29) is 0 Å². The normalized spacial score (nSPS) is 14.7. The highest BCUT2D eigenvalue weighted by atomic mass is 35.5. The number of hydrogen-bond donors (Lipinski definition) is 1. The highest BCUT2D eigenvalue weighted by Crippen LogP contribution is 2.25. The second-order valence-corrected chi connectivity index (χ2v) is 6.60. The standard InChI is InChI=1S/C16H25Cl2N/c1-11(2)6-5-7-12(3)19-13(4)14-8-9-15(17)16(18)10-14/h8-13,19H,5-7H2,1-4H3. The Kier molecular flexibility index (Phi) is 7.20. The third kappa shape index (κ3) is 6.16. The van der Waals surface area contributed by atoms with Gasteiger partial charge in [-0.3, -0.25) is 0 Å². The lowest BCUT2D eigenvalue weighted by molar-refractivity contribution is 0.424. The lowest BCUT2D eigenvalue weighted by atomic mass is 10.0. The van der Waals surface area contributed by atoms with Crippen LogP contribution >= 0.6 is 23.2 Å². The van der Waals surface area contributed by atoms with Crippen molar-refractivity contribution in [3.8, 4) is 0 Å². The Morgan fingerprint density at radius 3 is 2.26 bits per heavy atom. The smallest absolute Gasteiger partial charge is 0.0595 e. The van der Waals surface area contributed by atoms with Crippen molar-refractivity contribution in [3.63, 3.8) is 0 Å². The zero-order chi connectivity index (χ0) is 14.4. The molecule has 1 nitrogen and oxygen atoms in total. The van der Waals surface area contributed by atoms with Crippen LogP contribution in [0.25, 0.3) is 0 Å². The van der Waals surface area contributed by atoms with E-state index in [9.17, 15) is 0 Å². The van der Waals surface area contributed by atoms with Crippen LogP contribution in [0.4, 0.5) is 0 Å². The molecule has 0 aliphatic heterocycles. The highest BCUT2D eigenvalue weighted by molar-refractivity contribution is 6.42. The third-order valence-corrected chi connectivity index (χ3v) is 4.14. The summed E-state index contributed by atoms with van der Waals surface area (Å²) in [5.41, 5.74) is 1.19. The van der Waals surface area contributed by atoms with E-state index in [2.05, 4.69) is 33.0 Å². The zero-order valence-corrected chi connectivity index (χ0v) is 13.9. The second kappa shape index (κ2) is 8.14. The molecule has 19 heavy (non-hydrogen) atoms. The van der Waals surface area contributed by atoms with Crippen molar-refractivity contribution in [2.24, 2.45) is 5.92 Å². The molecule has 0 fully saturated rings. The summed E-state index contributed by atoms with van der Waals surface area (Å²) < 4.78 is 0. The van der Waals surface area contributed by atoms with Crippen LogP contribution in [0.3, 0.4) is 0 Å². The van der Waals surface area contributed by atoms with Gasteiger partial charge in [-0.1, -0.05) is 56.0 Å². The predicted octanol–water partition coefficient (Wildman–Crippen LogP) is 5.86. The lowest BCUT2D eigenvalue weighted by Gasteiger charge is -2.21. The molecule has 3 heteroatoms. The van der Waals surface area contributed by atoms with Crippen LogP contribution in [0.2, 0.25) is 10.0 Å². The van der Waals surface area contributed by atoms with Crippen molar-refractivity contribution in [3.05, 3.63) is 33.8 Å². The van der Waals surface area contributed by atoms with Crippen LogP contribution in [-0.2, 0) is 0 Å². The second-order valence-electron chi connectivity index (χ2n) is 5.79. The molecule has 2 atom stereocenters. The molecular formula is C16H25Cl2N. The SMILES string of the molecule is CC(C)CCCC(C)NC(C)c1ccc(Cl)c(Cl)c1. The fourth-order valence-electron chi connectivity index (χ4n) is 2.22. The van der Waals surface area contributed by atoms with Gasteiger partial charge in [-0.2, -0.15) is 0 Å². The molecule has 0 saturated carbocycles. The molecule has 1 aromatic carbocycles. The first kappa shape index (κ1) is 16.8. The maximum atomic E-state index is 6.05. The van der Waals surface area contributed by atoms with E-state index in [4.69, 9.17) is 23.2 Å². The number of nitrogens with one attached hydrogen (secondary N) is 1. The zero-order valence-electron chi connectivity index (χ0n) is 12.3. The van der Waals surface area contributed by atoms with Gasteiger partial charge in [-0.05, 0) is 43.9 Å². The molecule has 108 valence electrons. The third-order valence-electron chi connectivity index (χ3n) is 3.40. The van der Waals surface area contributed by atoms with Crippen LogP contribution < -0.4 is 5.32 Å². The fraction of sp³-hybridized carbons (Fsp3) is 0.625. The van der Waals surface area contributed by atoms with Gasteiger partial charge in [0, 0.05) is 12.1 Å². The topological polar surface area (TPSA) is 12.0 Å². The van der Waals surface area contributed by atoms with E-state index in [1.807, 2.05) is 18.2 Å². The Morgan fingerprint density at radius 2 is 1.68 bits per heavy atom. The minimum Gasteiger partial charge on any atom is -0.308 e. The lowest BCUT2D eigenvalue weighted by Crippen LogP contribution is -2.28. The Labute approximate surface area is 127 Å². The fourth-order valence-corrected chi connectivity index (χ4v) is 2.53. The number of benzene rings is 1. The Morgan fingerprint density at radius 1 is 1.00 bits per heavy atom. The summed E-state index contributed by atoms with van der Waals surface area (Å²) in [6, 6.07) is 6.66. The predicted molar refractivity (Wildman–Crippen MR) is 86.2 cm³/mol. The molecule has 2 unspecified atom stereocenters. The average molecular weight is 302 g/mol. The summed E-state index contributed by atoms with van der Waals surface area (Å²) in [4.78, 5) is 0. The molecule has 0 aliphatic carbocycles. The minimum atomic E-state index is 0.295. The van der Waals surface area contributed by atoms with Gasteiger partial charge in [0.05, 0.1) is 10.0 Å². The Bertz CT molecular complexity index is 390. The van der Waals surface area contributed by atoms with Crippen LogP contribution in [0.5, 0.6) is 0 Å². The van der Waals surface area contributed by atoms with Gasteiger partial charge in [0.15, 0.2) is 0 Å². The van der Waals surface area contributed by atoms with Gasteiger partial charge < -0.3 is 5.32 Å². The van der Waals surface area contributed by atoms with Crippen molar-refractivity contribution in [1.82, 2.24) is 5.32 Å². The summed E-state index contributed by atoms with van der Waals surface area (Å²) in [6.45, 7) is 8.96. The van der Waals surface area contributed by atoms with Crippen molar-refractivity contribution >= 4 is 23.2 Å². The van der Waals surface area contributed by atoms with Gasteiger partial charge in [-0.15, -0.1) is 0 Å². The molecule has 0 spiro atoms. The number of halogens is 2. The molecule has 0 saturated heterocycles. The molecule has 0 bridgehead atoms. The van der Waals surface area contributed by atoms with Crippen molar-refractivity contribution < 1.29 is 0 Å². The molecule has 0 aliphatic rings. The first-order chi connectivity index (χ1) is 8.90. The first-order valence-corrected chi connectivity index (χ1v) is 7.86. The van der Waals surface area contributed by atoms with E-state index in [1.165, 1.54) is 24.8 Å². The maximum absolute atomic E-state index is 6.05. The molecule has 0 amide bonds. The summed E-state index contributed by atoms with van der Waals surface area (Å²) >= 11 is 12.0. The van der Waals surface area contributed by atoms with Gasteiger partial charge in [0.25, 0.3) is 0 Å². The minimum absolute atomic E-state index is 0.295. The first-order valence-electron chi connectivity index (χ1n) is 7.11. The van der Waals surface area contributed by atoms with Crippen molar-refractivity contribution in [1.29, 1.82) is 0 Å². The number of rotatable bonds is 7. The van der Waals surface area contributed by atoms with Gasteiger partial charge in [0.2, 0.25) is 0 Å². The summed E-state index contributed by atoms with van der Waals surface area (Å²) in [5, 5.41) is 4.85. The summed E-state index contributed by atoms with van der Waals surface area (Å²) in [6.07, 6.45) is 3.79. The number of hydrogen-bond acceptors (Lipinski definition) is 1. The summed E-state index contributed by atoms with van der Waals surface area (Å²) in [7, 11) is 0. The molecule has 0 radical (unpaired) electrons. The average Bonchev–Trinajstić information content (AvgIpc) is 2.32. The van der Waals surface area contributed by atoms with E-state index >= 15 is 0 Å². The van der Waals surface area contributed by atoms with E-state index < -0.39 is 0 Å². The van der Waals surface area contributed by atoms with Gasteiger partial charge in [0.1, 0.15) is 0 Å². The highest BCUT2D eigenvalue weighted by Gasteiger charge is 2.11. The molecule has 1 aromatic rings. The Balaban J connectivity index is 2.44. The van der Waals surface area contributed by atoms with Crippen LogP contribution in [0, 0.1) is 5.92 Å². The van der Waals surface area contributed by atoms with Crippen molar-refractivity contribution in [2.75, 3.05) is 0 Å². The molecule has 0 aromatic heterocycles. The van der Waals surface area contributed by atoms with Gasteiger partial charge in [-0.25, -0.2) is 0 Å². The monoisotopic (exact) mass is 301 g/mol. The molecular weight excluding hydrogens is 277 g/mol. The van der Waals surface area contributed by atoms with Crippen molar-refractivity contribution in [2.45, 2.75) is 59.0 Å². The van der Waals surface area contributed by atoms with E-state index in [0.717, 1.165) is 5.92 Å². The molecule has 1 N–H and O–H groups in total. The summed E-state index contributed by atoms with van der Waals surface area (Å²) in [5.74, 6) is 0.791. The maximum Gasteiger partial charge on any atom is 0.0595 e.